The van der Waals surface area contributed by atoms with Crippen molar-refractivity contribution >= 4 is 0 Å². The summed E-state index contributed by atoms with van der Waals surface area (Å²) in [4.78, 5) is 0. The Hall–Kier alpha value is -1.14. The third-order valence-electron chi connectivity index (χ3n) is 1.90. The van der Waals surface area contributed by atoms with Crippen molar-refractivity contribution in [2.75, 3.05) is 6.54 Å². The van der Waals surface area contributed by atoms with Gasteiger partial charge in [-0.2, -0.15) is 0 Å². The molecule has 0 heterocycles. The van der Waals surface area contributed by atoms with Crippen LogP contribution in [0.4, 0.5) is 17.6 Å². The van der Waals surface area contributed by atoms with Crippen molar-refractivity contribution in [1.82, 2.24) is 5.32 Å². The highest BCUT2D eigenvalue weighted by atomic mass is 19.3. The van der Waals surface area contributed by atoms with Crippen LogP contribution in [0, 0.1) is 11.6 Å². The Labute approximate surface area is 89.9 Å². The molecule has 0 aliphatic carbocycles. The highest BCUT2D eigenvalue weighted by Crippen LogP contribution is 2.07. The van der Waals surface area contributed by atoms with Gasteiger partial charge in [-0.3, -0.25) is 0 Å². The lowest BCUT2D eigenvalue weighted by Gasteiger charge is -2.10. The van der Waals surface area contributed by atoms with Gasteiger partial charge < -0.3 is 10.4 Å². The van der Waals surface area contributed by atoms with Gasteiger partial charge in [0.25, 0.3) is 6.43 Å². The Morgan fingerprint density at radius 2 is 1.69 bits per heavy atom. The minimum Gasteiger partial charge on any atom is -0.386 e. The SMILES string of the molecule is OC(CNCc1cc(F)cc(F)c1)C(F)F. The molecule has 0 saturated carbocycles. The van der Waals surface area contributed by atoms with Gasteiger partial charge in [0.05, 0.1) is 0 Å². The number of rotatable bonds is 5. The molecule has 2 N–H and O–H groups in total. The molecule has 0 radical (unpaired) electrons. The fraction of sp³-hybridized carbons (Fsp3) is 0.400. The summed E-state index contributed by atoms with van der Waals surface area (Å²) in [5.41, 5.74) is 0.291. The van der Waals surface area contributed by atoms with Crippen LogP contribution in [0.1, 0.15) is 5.56 Å². The minimum atomic E-state index is -2.84. The number of alkyl halides is 2. The summed E-state index contributed by atoms with van der Waals surface area (Å²) in [7, 11) is 0. The second-order valence-corrected chi connectivity index (χ2v) is 3.31. The number of nitrogens with one attached hydrogen (secondary N) is 1. The largest absolute Gasteiger partial charge is 0.386 e. The fourth-order valence-electron chi connectivity index (χ4n) is 1.17. The maximum absolute atomic E-state index is 12.7. The van der Waals surface area contributed by atoms with Gasteiger partial charge in [0, 0.05) is 19.2 Å². The van der Waals surface area contributed by atoms with E-state index in [-0.39, 0.29) is 13.1 Å². The maximum atomic E-state index is 12.7. The van der Waals surface area contributed by atoms with E-state index in [9.17, 15) is 17.6 Å². The molecular formula is C10H11F4NO. The molecule has 0 spiro atoms. The summed E-state index contributed by atoms with van der Waals surface area (Å²) in [6, 6.07) is 2.90. The molecule has 16 heavy (non-hydrogen) atoms. The normalized spacial score (nSPS) is 13.1. The van der Waals surface area contributed by atoms with Gasteiger partial charge in [-0.05, 0) is 17.7 Å². The molecule has 1 aromatic rings. The lowest BCUT2D eigenvalue weighted by atomic mass is 10.2. The molecule has 0 amide bonds. The second kappa shape index (κ2) is 5.81. The third kappa shape index (κ3) is 4.16. The van der Waals surface area contributed by atoms with Crippen LogP contribution in [0.2, 0.25) is 0 Å². The zero-order valence-electron chi connectivity index (χ0n) is 8.26. The molecule has 0 aromatic heterocycles. The van der Waals surface area contributed by atoms with Gasteiger partial charge in [0.1, 0.15) is 17.7 Å². The summed E-state index contributed by atoms with van der Waals surface area (Å²) < 4.78 is 49.2. The Morgan fingerprint density at radius 3 is 2.19 bits per heavy atom. The first-order valence-corrected chi connectivity index (χ1v) is 4.61. The van der Waals surface area contributed by atoms with E-state index in [1.807, 2.05) is 0 Å². The van der Waals surface area contributed by atoms with Gasteiger partial charge in [0.15, 0.2) is 0 Å². The number of aliphatic hydroxyl groups is 1. The van der Waals surface area contributed by atoms with Crippen molar-refractivity contribution in [2.45, 2.75) is 19.1 Å². The first-order chi connectivity index (χ1) is 7.49. The predicted octanol–water partition coefficient (Wildman–Crippen LogP) is 1.68. The molecule has 6 heteroatoms. The van der Waals surface area contributed by atoms with Crippen molar-refractivity contribution in [1.29, 1.82) is 0 Å². The summed E-state index contributed by atoms with van der Waals surface area (Å²) >= 11 is 0. The van der Waals surface area contributed by atoms with E-state index in [4.69, 9.17) is 5.11 Å². The summed E-state index contributed by atoms with van der Waals surface area (Å²) in [6.45, 7) is -0.325. The molecule has 0 saturated heterocycles. The van der Waals surface area contributed by atoms with Gasteiger partial charge in [0.2, 0.25) is 0 Å². The number of benzene rings is 1. The molecule has 0 aliphatic rings. The van der Waals surface area contributed by atoms with Crippen molar-refractivity contribution in [2.24, 2.45) is 0 Å². The van der Waals surface area contributed by atoms with Crippen LogP contribution in [-0.4, -0.2) is 24.2 Å². The van der Waals surface area contributed by atoms with Crippen LogP contribution in [0.15, 0.2) is 18.2 Å². The Balaban J connectivity index is 2.43. The molecule has 1 atom stereocenters. The van der Waals surface area contributed by atoms with Crippen molar-refractivity contribution in [3.8, 4) is 0 Å². The van der Waals surface area contributed by atoms with Crippen LogP contribution in [0.25, 0.3) is 0 Å². The Bertz CT molecular complexity index is 325. The number of hydrogen-bond donors (Lipinski definition) is 2. The van der Waals surface area contributed by atoms with E-state index >= 15 is 0 Å². The minimum absolute atomic E-state index is 0.0124. The number of hydrogen-bond acceptors (Lipinski definition) is 2. The Morgan fingerprint density at radius 1 is 1.12 bits per heavy atom. The van der Waals surface area contributed by atoms with E-state index in [1.165, 1.54) is 0 Å². The van der Waals surface area contributed by atoms with E-state index in [1.54, 1.807) is 0 Å². The predicted molar refractivity (Wildman–Crippen MR) is 50.1 cm³/mol. The molecule has 90 valence electrons. The van der Waals surface area contributed by atoms with Crippen LogP contribution < -0.4 is 5.32 Å². The molecule has 0 fully saturated rings. The van der Waals surface area contributed by atoms with Crippen LogP contribution >= 0.6 is 0 Å². The van der Waals surface area contributed by atoms with Crippen molar-refractivity contribution in [3.63, 3.8) is 0 Å². The average Bonchev–Trinajstić information content (AvgIpc) is 2.15. The zero-order chi connectivity index (χ0) is 12.1. The van der Waals surface area contributed by atoms with Gasteiger partial charge >= 0.3 is 0 Å². The summed E-state index contributed by atoms with van der Waals surface area (Å²) in [5, 5.41) is 11.2. The first kappa shape index (κ1) is 12.9. The fourth-order valence-corrected chi connectivity index (χ4v) is 1.17. The van der Waals surface area contributed by atoms with Gasteiger partial charge in [-0.15, -0.1) is 0 Å². The van der Waals surface area contributed by atoms with E-state index in [2.05, 4.69) is 5.32 Å². The highest BCUT2D eigenvalue weighted by Gasteiger charge is 2.15. The average molecular weight is 237 g/mol. The topological polar surface area (TPSA) is 32.3 Å². The van der Waals surface area contributed by atoms with Crippen LogP contribution in [0.5, 0.6) is 0 Å². The number of halogens is 4. The Kier molecular flexibility index (Phi) is 4.70. The summed E-state index contributed by atoms with van der Waals surface area (Å²) in [5.74, 6) is -1.46. The lowest BCUT2D eigenvalue weighted by molar-refractivity contribution is -0.00341. The molecular weight excluding hydrogens is 226 g/mol. The monoisotopic (exact) mass is 237 g/mol. The summed E-state index contributed by atoms with van der Waals surface area (Å²) in [6.07, 6.45) is -4.62. The van der Waals surface area contributed by atoms with Crippen LogP contribution in [0.3, 0.4) is 0 Å². The van der Waals surface area contributed by atoms with E-state index in [0.29, 0.717) is 5.56 Å². The quantitative estimate of drug-likeness (QED) is 0.764. The van der Waals surface area contributed by atoms with Gasteiger partial charge in [-0.1, -0.05) is 0 Å². The number of aliphatic hydroxyl groups excluding tert-OH is 1. The second-order valence-electron chi connectivity index (χ2n) is 3.31. The van der Waals surface area contributed by atoms with Crippen molar-refractivity contribution in [3.05, 3.63) is 35.4 Å². The van der Waals surface area contributed by atoms with Crippen molar-refractivity contribution < 1.29 is 22.7 Å². The molecule has 1 unspecified atom stereocenters. The smallest absolute Gasteiger partial charge is 0.265 e. The van der Waals surface area contributed by atoms with E-state index in [0.717, 1.165) is 18.2 Å². The molecule has 0 aliphatic heterocycles. The zero-order valence-corrected chi connectivity index (χ0v) is 8.26. The third-order valence-corrected chi connectivity index (χ3v) is 1.90. The van der Waals surface area contributed by atoms with Gasteiger partial charge in [-0.25, -0.2) is 17.6 Å². The first-order valence-electron chi connectivity index (χ1n) is 4.61. The molecule has 1 aromatic carbocycles. The highest BCUT2D eigenvalue weighted by molar-refractivity contribution is 5.17. The lowest BCUT2D eigenvalue weighted by Crippen LogP contribution is -2.31. The molecule has 2 nitrogen and oxygen atoms in total. The standard InChI is InChI=1S/C10H11F4NO/c11-7-1-6(2-8(12)3-7)4-15-5-9(16)10(13)14/h1-3,9-10,15-16H,4-5H2. The van der Waals surface area contributed by atoms with Crippen LogP contribution in [-0.2, 0) is 6.54 Å². The van der Waals surface area contributed by atoms with E-state index < -0.39 is 24.2 Å². The molecule has 1 rings (SSSR count). The maximum Gasteiger partial charge on any atom is 0.265 e. The molecule has 0 bridgehead atoms.